The number of hydrogen-bond acceptors (Lipinski definition) is 16. The first kappa shape index (κ1) is 46.4. The summed E-state index contributed by atoms with van der Waals surface area (Å²) >= 11 is 0. The zero-order chi connectivity index (χ0) is 39.7. The number of halogens is 6. The van der Waals surface area contributed by atoms with Crippen molar-refractivity contribution in [1.29, 1.82) is 0 Å². The van der Waals surface area contributed by atoms with Crippen LogP contribution in [0.5, 0.6) is 0 Å². The third-order valence-corrected chi connectivity index (χ3v) is 7.16. The molecule has 20 nitrogen and oxygen atoms in total. The van der Waals surface area contributed by atoms with E-state index in [1.165, 1.54) is 24.3 Å². The number of nitrogens with zero attached hydrogens (tertiary/aromatic N) is 10. The number of nitro groups is 2. The van der Waals surface area contributed by atoms with Crippen molar-refractivity contribution in [2.24, 2.45) is 0 Å². The van der Waals surface area contributed by atoms with E-state index < -0.39 is 41.1 Å². The summed E-state index contributed by atoms with van der Waals surface area (Å²) in [5.41, 5.74) is -8.28. The first-order valence-electron chi connectivity index (χ1n) is 13.5. The number of alkyl halides is 6. The molecular weight excluding hydrogens is 821 g/mol. The van der Waals surface area contributed by atoms with Crippen LogP contribution in [0.4, 0.5) is 37.7 Å². The maximum Gasteiger partial charge on any atom is 2.00 e. The number of non-ortho nitro benzene ring substituents is 2. The van der Waals surface area contributed by atoms with Crippen molar-refractivity contribution in [1.82, 2.24) is 39.8 Å². The molecule has 0 aliphatic carbocycles. The Morgan fingerprint density at radius 1 is 0.642 bits per heavy atom. The fourth-order valence-electron chi connectivity index (χ4n) is 3.50. The quantitative estimate of drug-likeness (QED) is 0.0523. The molecule has 2 heterocycles. The second-order valence-electron chi connectivity index (χ2n) is 10.1. The molecule has 4 rings (SSSR count). The number of hydrogen-bond donors (Lipinski definition) is 0. The van der Waals surface area contributed by atoms with Crippen molar-refractivity contribution >= 4 is 31.6 Å². The fourth-order valence-corrected chi connectivity index (χ4v) is 3.50. The Labute approximate surface area is 305 Å². The fraction of sp³-hybridized carbons (Fsp3) is 0.333. The number of rotatable bonds is 11. The first-order valence-corrected chi connectivity index (χ1v) is 16.3. The third-order valence-electron chi connectivity index (χ3n) is 6.03. The van der Waals surface area contributed by atoms with E-state index in [1.807, 2.05) is 14.1 Å². The molecule has 0 spiro atoms. The Bertz CT molecular complexity index is 1890. The molecule has 0 atom stereocenters. The molecular formula is C24H24F6MnN10O10S2. The molecule has 0 amide bonds. The van der Waals surface area contributed by atoms with Gasteiger partial charge < -0.3 is 9.11 Å². The Morgan fingerprint density at radius 3 is 1.13 bits per heavy atom. The van der Waals surface area contributed by atoms with E-state index in [0.29, 0.717) is 24.5 Å². The Hall–Kier alpha value is -4.64. The largest absolute Gasteiger partial charge is 2.00 e. The smallest absolute Gasteiger partial charge is 0.741 e. The summed E-state index contributed by atoms with van der Waals surface area (Å²) in [6, 6.07) is 12.3. The monoisotopic (exact) mass is 845 g/mol. The summed E-state index contributed by atoms with van der Waals surface area (Å²) in [4.78, 5) is 25.0. The number of benzene rings is 2. The van der Waals surface area contributed by atoms with Crippen LogP contribution in [0.15, 0.2) is 60.9 Å². The normalized spacial score (nSPS) is 11.9. The Balaban J connectivity index is 0.000000690. The van der Waals surface area contributed by atoms with Crippen LogP contribution in [0.3, 0.4) is 0 Å². The molecule has 0 fully saturated rings. The van der Waals surface area contributed by atoms with Gasteiger partial charge in [0.2, 0.25) is 0 Å². The van der Waals surface area contributed by atoms with Crippen molar-refractivity contribution in [3.63, 3.8) is 0 Å². The topological polar surface area (TPSA) is 269 Å². The molecule has 53 heavy (non-hydrogen) atoms. The molecule has 29 heteroatoms. The minimum atomic E-state index is -6.09. The molecule has 4 aromatic rings. The van der Waals surface area contributed by atoms with Crippen LogP contribution in [0.2, 0.25) is 0 Å². The van der Waals surface area contributed by atoms with Gasteiger partial charge in [-0.15, -0.1) is 10.2 Å². The van der Waals surface area contributed by atoms with Gasteiger partial charge in [-0.3, -0.25) is 30.0 Å². The van der Waals surface area contributed by atoms with Gasteiger partial charge in [0.25, 0.3) is 11.4 Å². The number of aromatic nitrogens is 6. The van der Waals surface area contributed by atoms with Crippen LogP contribution in [0.1, 0.15) is 11.4 Å². The molecule has 0 saturated heterocycles. The van der Waals surface area contributed by atoms with Crippen molar-refractivity contribution in [2.45, 2.75) is 24.1 Å². The molecule has 0 saturated carbocycles. The molecule has 0 bridgehead atoms. The molecule has 0 aliphatic rings. The maximum absolute atomic E-state index is 10.8. The zero-order valence-corrected chi connectivity index (χ0v) is 29.4. The van der Waals surface area contributed by atoms with Gasteiger partial charge >= 0.3 is 28.1 Å². The molecule has 2 aromatic heterocycles. The Kier molecular flexibility index (Phi) is 16.6. The predicted octanol–water partition coefficient (Wildman–Crippen LogP) is 2.33. The molecule has 0 N–H and O–H groups in total. The van der Waals surface area contributed by atoms with Gasteiger partial charge in [-0.05, 0) is 38.4 Å². The van der Waals surface area contributed by atoms with Crippen molar-refractivity contribution in [2.75, 3.05) is 27.2 Å². The van der Waals surface area contributed by atoms with Crippen LogP contribution in [0, 0.1) is 20.2 Å². The second-order valence-corrected chi connectivity index (χ2v) is 12.9. The summed E-state index contributed by atoms with van der Waals surface area (Å²) < 4.78 is 121. The first-order chi connectivity index (χ1) is 23.8. The van der Waals surface area contributed by atoms with E-state index in [9.17, 15) is 46.6 Å². The van der Waals surface area contributed by atoms with Gasteiger partial charge in [0.05, 0.1) is 45.0 Å². The van der Waals surface area contributed by atoms with E-state index in [-0.39, 0.29) is 28.4 Å². The van der Waals surface area contributed by atoms with Gasteiger partial charge in [-0.2, -0.15) is 26.3 Å². The SMILES string of the molecule is CN(CCN(C)Cc1cn(-c2ccc([N+](=O)[O-])cc2)nn1)Cc1cn(-c2ccc([N+](=O)[O-])cc2)nn1.O=S(=O)([O-])C(F)(F)F.O=S(=O)([O-])C(F)(F)F.[Mn+2]. The van der Waals surface area contributed by atoms with E-state index >= 15 is 0 Å². The van der Waals surface area contributed by atoms with E-state index in [4.69, 9.17) is 25.9 Å². The van der Waals surface area contributed by atoms with Crippen LogP contribution in [-0.4, -0.2) is 114 Å². The van der Waals surface area contributed by atoms with Crippen molar-refractivity contribution in [3.05, 3.63) is 92.5 Å². The summed E-state index contributed by atoms with van der Waals surface area (Å²) in [7, 11) is -8.20. The van der Waals surface area contributed by atoms with Crippen LogP contribution in [-0.2, 0) is 50.4 Å². The number of nitro benzene ring substituents is 2. The molecule has 0 aliphatic heterocycles. The Morgan fingerprint density at radius 2 is 0.906 bits per heavy atom. The minimum absolute atomic E-state index is 0. The summed E-state index contributed by atoms with van der Waals surface area (Å²) in [5, 5.41) is 38.2. The third kappa shape index (κ3) is 15.1. The van der Waals surface area contributed by atoms with E-state index in [2.05, 4.69) is 30.4 Å². The zero-order valence-electron chi connectivity index (χ0n) is 26.6. The number of likely N-dealkylation sites (N-methyl/N-ethyl adjacent to an activating group) is 2. The van der Waals surface area contributed by atoms with Gasteiger partial charge in [-0.25, -0.2) is 26.2 Å². The van der Waals surface area contributed by atoms with Gasteiger partial charge in [0, 0.05) is 50.4 Å². The molecule has 2 aromatic carbocycles. The summed E-state index contributed by atoms with van der Waals surface area (Å²) in [5.74, 6) is 0. The van der Waals surface area contributed by atoms with Crippen LogP contribution >= 0.6 is 0 Å². The van der Waals surface area contributed by atoms with Crippen LogP contribution in [0.25, 0.3) is 11.4 Å². The molecule has 0 unspecified atom stereocenters. The van der Waals surface area contributed by atoms with Gasteiger partial charge in [-0.1, -0.05) is 10.4 Å². The average Bonchev–Trinajstić information content (AvgIpc) is 3.69. The molecule has 291 valence electrons. The standard InChI is InChI=1S/C22H24N10O4.2CHF3O3S.Mn/c1-27(13-17-15-29(25-23-17)19-3-7-21(8-4-19)31(33)34)11-12-28(2)14-18-16-30(26-24-18)20-5-9-22(10-6-20)32(35)36;2*2-1(3,4)8(5,6)7;/h3-10,15-16H,11-14H2,1-2H3;2*(H,5,6,7);/q;;;+2/p-2. The van der Waals surface area contributed by atoms with E-state index in [0.717, 1.165) is 24.5 Å². The second kappa shape index (κ2) is 18.9. The van der Waals surface area contributed by atoms with Gasteiger partial charge in [0.15, 0.2) is 20.2 Å². The van der Waals surface area contributed by atoms with Gasteiger partial charge in [0.1, 0.15) is 0 Å². The summed E-state index contributed by atoms with van der Waals surface area (Å²) in [6.07, 6.45) is 3.61. The predicted molar refractivity (Wildman–Crippen MR) is 160 cm³/mol. The summed E-state index contributed by atoms with van der Waals surface area (Å²) in [6.45, 7) is 2.74. The maximum atomic E-state index is 10.8. The van der Waals surface area contributed by atoms with Crippen molar-refractivity contribution < 1.29 is 79.2 Å². The minimum Gasteiger partial charge on any atom is -0.741 e. The van der Waals surface area contributed by atoms with Crippen LogP contribution < -0.4 is 0 Å². The average molecular weight is 846 g/mol. The molecule has 1 radical (unpaired) electrons. The van der Waals surface area contributed by atoms with E-state index in [1.54, 1.807) is 46.0 Å². The van der Waals surface area contributed by atoms with Crippen molar-refractivity contribution in [3.8, 4) is 11.4 Å².